The summed E-state index contributed by atoms with van der Waals surface area (Å²) in [6.45, 7) is 4.72. The summed E-state index contributed by atoms with van der Waals surface area (Å²) in [5, 5.41) is 11.7. The molecule has 0 radical (unpaired) electrons. The highest BCUT2D eigenvalue weighted by Crippen LogP contribution is 1.96. The van der Waals surface area contributed by atoms with Crippen molar-refractivity contribution in [3.8, 4) is 6.07 Å². The number of nitrogens with one attached hydrogen (secondary N) is 1. The smallest absolute Gasteiger partial charge is 0.0638 e. The van der Waals surface area contributed by atoms with E-state index in [4.69, 9.17) is 11.0 Å². The topological polar surface area (TPSA) is 61.8 Å². The van der Waals surface area contributed by atoms with Gasteiger partial charge in [-0.1, -0.05) is 6.92 Å². The first-order chi connectivity index (χ1) is 5.24. The van der Waals surface area contributed by atoms with Crippen molar-refractivity contribution in [2.24, 2.45) is 5.73 Å². The first-order valence-corrected chi connectivity index (χ1v) is 4.07. The van der Waals surface area contributed by atoms with Gasteiger partial charge in [-0.05, 0) is 13.3 Å². The van der Waals surface area contributed by atoms with Gasteiger partial charge in [0.1, 0.15) is 0 Å². The Labute approximate surface area is 68.6 Å². The molecule has 3 N–H and O–H groups in total. The molecule has 0 rings (SSSR count). The van der Waals surface area contributed by atoms with Crippen LogP contribution in [0.1, 0.15) is 26.7 Å². The fourth-order valence-electron chi connectivity index (χ4n) is 0.902. The lowest BCUT2D eigenvalue weighted by Gasteiger charge is -2.18. The lowest BCUT2D eigenvalue weighted by atomic mass is 10.1. The first-order valence-electron chi connectivity index (χ1n) is 4.07. The van der Waals surface area contributed by atoms with Crippen molar-refractivity contribution in [3.63, 3.8) is 0 Å². The van der Waals surface area contributed by atoms with Gasteiger partial charge in [-0.15, -0.1) is 0 Å². The normalized spacial score (nSPS) is 15.5. The largest absolute Gasteiger partial charge is 0.329 e. The lowest BCUT2D eigenvalue weighted by Crippen LogP contribution is -2.40. The number of hydrogen-bond donors (Lipinski definition) is 2. The predicted molar refractivity (Wildman–Crippen MR) is 46.0 cm³/mol. The first kappa shape index (κ1) is 10.4. The molecule has 2 atom stereocenters. The van der Waals surface area contributed by atoms with Gasteiger partial charge in [0.15, 0.2) is 0 Å². The van der Waals surface area contributed by atoms with E-state index in [9.17, 15) is 0 Å². The number of hydrogen-bond acceptors (Lipinski definition) is 3. The van der Waals surface area contributed by atoms with Gasteiger partial charge in [0.25, 0.3) is 0 Å². The number of nitrogens with zero attached hydrogens (tertiary/aromatic N) is 1. The average Bonchev–Trinajstić information content (AvgIpc) is 2.03. The second-order valence-corrected chi connectivity index (χ2v) is 2.77. The number of rotatable bonds is 5. The predicted octanol–water partition coefficient (Wildman–Crippen LogP) is 0.615. The highest BCUT2D eigenvalue weighted by Gasteiger charge is 2.07. The zero-order chi connectivity index (χ0) is 8.69. The molecule has 0 aliphatic heterocycles. The van der Waals surface area contributed by atoms with Crippen molar-refractivity contribution in [2.45, 2.75) is 38.8 Å². The van der Waals surface area contributed by atoms with Crippen molar-refractivity contribution < 1.29 is 0 Å². The van der Waals surface area contributed by atoms with E-state index < -0.39 is 0 Å². The van der Waals surface area contributed by atoms with E-state index in [2.05, 4.69) is 18.3 Å². The summed E-state index contributed by atoms with van der Waals surface area (Å²) in [6, 6.07) is 2.76. The van der Waals surface area contributed by atoms with Crippen LogP contribution in [0.2, 0.25) is 0 Å². The van der Waals surface area contributed by atoms with Gasteiger partial charge in [-0.2, -0.15) is 5.26 Å². The molecule has 0 bridgehead atoms. The summed E-state index contributed by atoms with van der Waals surface area (Å²) in [6.07, 6.45) is 1.55. The minimum atomic E-state index is 0.304. The van der Waals surface area contributed by atoms with Gasteiger partial charge >= 0.3 is 0 Å². The van der Waals surface area contributed by atoms with Gasteiger partial charge in [-0.25, -0.2) is 0 Å². The maximum Gasteiger partial charge on any atom is 0.0638 e. The van der Waals surface area contributed by atoms with E-state index in [1.165, 1.54) is 0 Å². The minimum Gasteiger partial charge on any atom is -0.329 e. The van der Waals surface area contributed by atoms with Crippen LogP contribution in [0, 0.1) is 11.3 Å². The van der Waals surface area contributed by atoms with Gasteiger partial charge in [-0.3, -0.25) is 0 Å². The van der Waals surface area contributed by atoms with E-state index in [-0.39, 0.29) is 0 Å². The van der Waals surface area contributed by atoms with Crippen LogP contribution in [-0.4, -0.2) is 18.6 Å². The highest BCUT2D eigenvalue weighted by atomic mass is 15.0. The Morgan fingerprint density at radius 3 is 2.64 bits per heavy atom. The van der Waals surface area contributed by atoms with Gasteiger partial charge in [0.05, 0.1) is 12.5 Å². The molecule has 0 heterocycles. The lowest BCUT2D eigenvalue weighted by molar-refractivity contribution is 0.443. The van der Waals surface area contributed by atoms with Gasteiger partial charge < -0.3 is 11.1 Å². The molecule has 11 heavy (non-hydrogen) atoms. The summed E-state index contributed by atoms with van der Waals surface area (Å²) in [4.78, 5) is 0. The van der Waals surface area contributed by atoms with Gasteiger partial charge in [0, 0.05) is 18.6 Å². The molecular weight excluding hydrogens is 138 g/mol. The van der Waals surface area contributed by atoms with Crippen LogP contribution >= 0.6 is 0 Å². The average molecular weight is 155 g/mol. The van der Waals surface area contributed by atoms with Crippen LogP contribution < -0.4 is 11.1 Å². The number of nitrogens with two attached hydrogens (primary N) is 1. The molecule has 0 aromatic carbocycles. The molecule has 0 aromatic heterocycles. The van der Waals surface area contributed by atoms with E-state index in [1.54, 1.807) is 0 Å². The second kappa shape index (κ2) is 6.14. The van der Waals surface area contributed by atoms with E-state index >= 15 is 0 Å². The van der Waals surface area contributed by atoms with Crippen LogP contribution in [0.5, 0.6) is 0 Å². The minimum absolute atomic E-state index is 0.304. The molecule has 0 aromatic rings. The van der Waals surface area contributed by atoms with Crippen molar-refractivity contribution in [2.75, 3.05) is 6.54 Å². The molecule has 0 aliphatic rings. The SMILES string of the molecule is CCC(CC#N)NC(C)CN. The standard InChI is InChI=1S/C8H17N3/c1-3-8(4-5-9)11-7(2)6-10/h7-8,11H,3-4,6,10H2,1-2H3. The maximum atomic E-state index is 8.43. The van der Waals surface area contributed by atoms with Crippen LogP contribution in [0.4, 0.5) is 0 Å². The molecule has 64 valence electrons. The van der Waals surface area contributed by atoms with Gasteiger partial charge in [0.2, 0.25) is 0 Å². The van der Waals surface area contributed by atoms with Crippen molar-refractivity contribution in [1.29, 1.82) is 5.26 Å². The van der Waals surface area contributed by atoms with Crippen LogP contribution in [0.15, 0.2) is 0 Å². The summed E-state index contributed by atoms with van der Waals surface area (Å²) in [5.41, 5.74) is 5.43. The fraction of sp³-hybridized carbons (Fsp3) is 0.875. The Morgan fingerprint density at radius 2 is 2.27 bits per heavy atom. The monoisotopic (exact) mass is 155 g/mol. The molecule has 0 spiro atoms. The Balaban J connectivity index is 3.60. The third-order valence-corrected chi connectivity index (χ3v) is 1.70. The molecular formula is C8H17N3. The van der Waals surface area contributed by atoms with E-state index in [0.29, 0.717) is 25.0 Å². The Hall–Kier alpha value is -0.590. The van der Waals surface area contributed by atoms with Crippen LogP contribution in [-0.2, 0) is 0 Å². The molecule has 0 saturated heterocycles. The number of nitriles is 1. The van der Waals surface area contributed by atoms with Crippen LogP contribution in [0.25, 0.3) is 0 Å². The quantitative estimate of drug-likeness (QED) is 0.611. The zero-order valence-electron chi connectivity index (χ0n) is 7.30. The Morgan fingerprint density at radius 1 is 1.64 bits per heavy atom. The molecule has 3 nitrogen and oxygen atoms in total. The summed E-state index contributed by atoms with van der Waals surface area (Å²) >= 11 is 0. The fourth-order valence-corrected chi connectivity index (χ4v) is 0.902. The summed E-state index contributed by atoms with van der Waals surface area (Å²) in [7, 11) is 0. The van der Waals surface area contributed by atoms with E-state index in [1.807, 2.05) is 6.92 Å². The molecule has 0 saturated carbocycles. The highest BCUT2D eigenvalue weighted by molar-refractivity contribution is 4.81. The van der Waals surface area contributed by atoms with Crippen molar-refractivity contribution in [3.05, 3.63) is 0 Å². The van der Waals surface area contributed by atoms with Crippen molar-refractivity contribution in [1.82, 2.24) is 5.32 Å². The molecule has 3 heteroatoms. The van der Waals surface area contributed by atoms with Crippen molar-refractivity contribution >= 4 is 0 Å². The Kier molecular flexibility index (Phi) is 5.81. The third-order valence-electron chi connectivity index (χ3n) is 1.70. The second-order valence-electron chi connectivity index (χ2n) is 2.77. The summed E-state index contributed by atoms with van der Waals surface area (Å²) < 4.78 is 0. The summed E-state index contributed by atoms with van der Waals surface area (Å²) in [5.74, 6) is 0. The third kappa shape index (κ3) is 4.77. The zero-order valence-corrected chi connectivity index (χ0v) is 7.30. The molecule has 0 aliphatic carbocycles. The Bertz CT molecular complexity index is 128. The van der Waals surface area contributed by atoms with Crippen LogP contribution in [0.3, 0.4) is 0 Å². The molecule has 2 unspecified atom stereocenters. The maximum absolute atomic E-state index is 8.43. The molecule has 0 fully saturated rings. The molecule has 0 amide bonds. The van der Waals surface area contributed by atoms with E-state index in [0.717, 1.165) is 6.42 Å².